The van der Waals surface area contributed by atoms with E-state index in [0.717, 1.165) is 12.3 Å². The maximum Gasteiger partial charge on any atom is 0.338 e. The Morgan fingerprint density at radius 1 is 1.41 bits per heavy atom. The summed E-state index contributed by atoms with van der Waals surface area (Å²) >= 11 is 0. The van der Waals surface area contributed by atoms with Crippen LogP contribution in [-0.2, 0) is 11.2 Å². The van der Waals surface area contributed by atoms with E-state index < -0.39 is 0 Å². The molecule has 0 radical (unpaired) electrons. The van der Waals surface area contributed by atoms with Gasteiger partial charge in [0, 0.05) is 0 Å². The number of esters is 1. The fraction of sp³-hybridized carbons (Fsp3) is 0.533. The molecule has 1 aromatic carbocycles. The molecule has 2 nitrogen and oxygen atoms in total. The number of hydrogen-bond donors (Lipinski definition) is 0. The number of aryl methyl sites for hydroxylation is 1. The molecule has 1 aromatic rings. The maximum absolute atomic E-state index is 11.7. The van der Waals surface area contributed by atoms with Crippen molar-refractivity contribution in [3.8, 4) is 0 Å². The normalized spacial score (nSPS) is 23.0. The van der Waals surface area contributed by atoms with E-state index in [1.807, 2.05) is 19.1 Å². The predicted octanol–water partition coefficient (Wildman–Crippen LogP) is 3.55. The Hall–Kier alpha value is -1.31. The van der Waals surface area contributed by atoms with Crippen LogP contribution in [0.25, 0.3) is 0 Å². The third kappa shape index (κ3) is 2.36. The Labute approximate surface area is 103 Å². The summed E-state index contributed by atoms with van der Waals surface area (Å²) in [6, 6.07) is 6.00. The van der Waals surface area contributed by atoms with E-state index in [1.165, 1.54) is 17.5 Å². The highest BCUT2D eigenvalue weighted by Gasteiger charge is 2.23. The minimum Gasteiger partial charge on any atom is -0.462 e. The van der Waals surface area contributed by atoms with Crippen LogP contribution in [0.3, 0.4) is 0 Å². The third-order valence-corrected chi connectivity index (χ3v) is 3.87. The minimum absolute atomic E-state index is 0.207. The van der Waals surface area contributed by atoms with Gasteiger partial charge in [0.15, 0.2) is 0 Å². The molecule has 2 rings (SSSR count). The molecule has 92 valence electrons. The van der Waals surface area contributed by atoms with Gasteiger partial charge in [-0.2, -0.15) is 0 Å². The number of benzene rings is 1. The van der Waals surface area contributed by atoms with Gasteiger partial charge in [-0.3, -0.25) is 0 Å². The summed E-state index contributed by atoms with van der Waals surface area (Å²) in [5.41, 5.74) is 3.41. The molecule has 17 heavy (non-hydrogen) atoms. The number of ether oxygens (including phenoxy) is 1. The van der Waals surface area contributed by atoms with E-state index in [2.05, 4.69) is 19.9 Å². The van der Waals surface area contributed by atoms with Crippen LogP contribution in [0.15, 0.2) is 18.2 Å². The molecule has 0 N–H and O–H groups in total. The van der Waals surface area contributed by atoms with Gasteiger partial charge < -0.3 is 4.74 Å². The van der Waals surface area contributed by atoms with E-state index in [9.17, 15) is 4.79 Å². The smallest absolute Gasteiger partial charge is 0.338 e. The average Bonchev–Trinajstić information content (AvgIpc) is 2.34. The zero-order valence-corrected chi connectivity index (χ0v) is 10.8. The van der Waals surface area contributed by atoms with Gasteiger partial charge in [-0.1, -0.05) is 19.9 Å². The number of fused-ring (bicyclic) bond motifs is 1. The highest BCUT2D eigenvalue weighted by molar-refractivity contribution is 5.89. The number of carbonyl (C=O) groups excluding carboxylic acids is 1. The van der Waals surface area contributed by atoms with E-state index >= 15 is 0 Å². The quantitative estimate of drug-likeness (QED) is 0.729. The number of carbonyl (C=O) groups is 1. The van der Waals surface area contributed by atoms with Crippen molar-refractivity contribution in [3.63, 3.8) is 0 Å². The molecule has 2 heteroatoms. The van der Waals surface area contributed by atoms with Crippen molar-refractivity contribution in [1.29, 1.82) is 0 Å². The standard InChI is InChI=1S/C15H20O2/c1-4-17-15(16)13-7-8-14-11(3)10(2)5-6-12(14)9-13/h7-11H,4-6H2,1-3H3. The molecule has 2 unspecified atom stereocenters. The van der Waals surface area contributed by atoms with Crippen LogP contribution in [0.1, 0.15) is 54.6 Å². The van der Waals surface area contributed by atoms with Gasteiger partial charge in [0.2, 0.25) is 0 Å². The first kappa shape index (κ1) is 12.2. The van der Waals surface area contributed by atoms with Crippen LogP contribution in [0.4, 0.5) is 0 Å². The highest BCUT2D eigenvalue weighted by Crippen LogP contribution is 2.35. The second-order valence-corrected chi connectivity index (χ2v) is 4.94. The van der Waals surface area contributed by atoms with Crippen molar-refractivity contribution in [2.75, 3.05) is 6.61 Å². The van der Waals surface area contributed by atoms with Crippen LogP contribution >= 0.6 is 0 Å². The Morgan fingerprint density at radius 2 is 2.18 bits per heavy atom. The van der Waals surface area contributed by atoms with Gasteiger partial charge >= 0.3 is 5.97 Å². The Kier molecular flexibility index (Phi) is 3.51. The van der Waals surface area contributed by atoms with Crippen LogP contribution in [-0.4, -0.2) is 12.6 Å². The molecule has 0 aliphatic heterocycles. The summed E-state index contributed by atoms with van der Waals surface area (Å²) in [5.74, 6) is 1.12. The lowest BCUT2D eigenvalue weighted by atomic mass is 9.76. The number of rotatable bonds is 2. The lowest BCUT2D eigenvalue weighted by molar-refractivity contribution is 0.0526. The van der Waals surface area contributed by atoms with Crippen molar-refractivity contribution in [1.82, 2.24) is 0 Å². The molecule has 0 aromatic heterocycles. The van der Waals surface area contributed by atoms with Crippen LogP contribution in [0.5, 0.6) is 0 Å². The topological polar surface area (TPSA) is 26.3 Å². The maximum atomic E-state index is 11.7. The second kappa shape index (κ2) is 4.91. The molecule has 0 saturated heterocycles. The Bertz CT molecular complexity index is 423. The second-order valence-electron chi connectivity index (χ2n) is 4.94. The van der Waals surface area contributed by atoms with Crippen molar-refractivity contribution >= 4 is 5.97 Å². The lowest BCUT2D eigenvalue weighted by Gasteiger charge is -2.28. The summed E-state index contributed by atoms with van der Waals surface area (Å²) in [6.07, 6.45) is 2.29. The zero-order valence-electron chi connectivity index (χ0n) is 10.8. The first-order chi connectivity index (χ1) is 8.13. The van der Waals surface area contributed by atoms with E-state index in [1.54, 1.807) is 0 Å². The fourth-order valence-corrected chi connectivity index (χ4v) is 2.55. The van der Waals surface area contributed by atoms with Crippen LogP contribution in [0.2, 0.25) is 0 Å². The fourth-order valence-electron chi connectivity index (χ4n) is 2.55. The van der Waals surface area contributed by atoms with Crippen LogP contribution < -0.4 is 0 Å². The van der Waals surface area contributed by atoms with Crippen molar-refractivity contribution in [3.05, 3.63) is 34.9 Å². The van der Waals surface area contributed by atoms with Gasteiger partial charge in [0.1, 0.15) is 0 Å². The van der Waals surface area contributed by atoms with Gasteiger partial charge in [-0.05, 0) is 54.9 Å². The van der Waals surface area contributed by atoms with Gasteiger partial charge in [-0.15, -0.1) is 0 Å². The monoisotopic (exact) mass is 232 g/mol. The number of hydrogen-bond acceptors (Lipinski definition) is 2. The van der Waals surface area contributed by atoms with E-state index in [-0.39, 0.29) is 5.97 Å². The molecule has 0 fully saturated rings. The Morgan fingerprint density at radius 3 is 2.88 bits per heavy atom. The van der Waals surface area contributed by atoms with Gasteiger partial charge in [-0.25, -0.2) is 4.79 Å². The van der Waals surface area contributed by atoms with E-state index in [0.29, 0.717) is 18.1 Å². The van der Waals surface area contributed by atoms with Crippen molar-refractivity contribution in [2.45, 2.75) is 39.5 Å². The van der Waals surface area contributed by atoms with Crippen LogP contribution in [0, 0.1) is 5.92 Å². The summed E-state index contributed by atoms with van der Waals surface area (Å²) in [7, 11) is 0. The molecule has 0 saturated carbocycles. The summed E-state index contributed by atoms with van der Waals surface area (Å²) in [5, 5.41) is 0. The molecule has 0 spiro atoms. The molecular weight excluding hydrogens is 212 g/mol. The molecule has 1 aliphatic carbocycles. The van der Waals surface area contributed by atoms with Gasteiger partial charge in [0.05, 0.1) is 12.2 Å². The lowest BCUT2D eigenvalue weighted by Crippen LogP contribution is -2.17. The average molecular weight is 232 g/mol. The summed E-state index contributed by atoms with van der Waals surface area (Å²) in [4.78, 5) is 11.7. The van der Waals surface area contributed by atoms with E-state index in [4.69, 9.17) is 4.74 Å². The molecular formula is C15H20O2. The summed E-state index contributed by atoms with van der Waals surface area (Å²) in [6.45, 7) is 6.84. The first-order valence-corrected chi connectivity index (χ1v) is 6.43. The largest absolute Gasteiger partial charge is 0.462 e. The molecule has 1 aliphatic rings. The van der Waals surface area contributed by atoms with Gasteiger partial charge in [0.25, 0.3) is 0 Å². The van der Waals surface area contributed by atoms with Crippen molar-refractivity contribution < 1.29 is 9.53 Å². The molecule has 0 bridgehead atoms. The summed E-state index contributed by atoms with van der Waals surface area (Å²) < 4.78 is 5.03. The Balaban J connectivity index is 2.29. The first-order valence-electron chi connectivity index (χ1n) is 6.43. The molecule has 2 atom stereocenters. The van der Waals surface area contributed by atoms with Crippen molar-refractivity contribution in [2.24, 2.45) is 5.92 Å². The molecule has 0 heterocycles. The SMILES string of the molecule is CCOC(=O)c1ccc2c(c1)CCC(C)C2C. The predicted molar refractivity (Wildman–Crippen MR) is 68.3 cm³/mol. The zero-order chi connectivity index (χ0) is 12.4. The molecule has 0 amide bonds. The minimum atomic E-state index is -0.207. The third-order valence-electron chi connectivity index (χ3n) is 3.87. The highest BCUT2D eigenvalue weighted by atomic mass is 16.5.